The van der Waals surface area contributed by atoms with Crippen molar-refractivity contribution in [2.45, 2.75) is 68.5 Å². The molecule has 1 aliphatic heterocycles. The highest BCUT2D eigenvalue weighted by Crippen LogP contribution is 2.24. The molecule has 9 atom stereocenters. The van der Waals surface area contributed by atoms with Gasteiger partial charge in [0.15, 0.2) is 6.29 Å². The van der Waals surface area contributed by atoms with Crippen LogP contribution in [0.3, 0.4) is 0 Å². The lowest BCUT2D eigenvalue weighted by Crippen LogP contribution is -2.58. The molecule has 0 aromatic carbocycles. The van der Waals surface area contributed by atoms with Gasteiger partial charge in [-0.2, -0.15) is 0 Å². The molecule has 0 aromatic rings. The molecule has 0 amide bonds. The summed E-state index contributed by atoms with van der Waals surface area (Å²) >= 11 is 0. The minimum absolute atomic E-state index is 0.347. The average Bonchev–Trinajstić information content (AvgIpc) is 2.62. The van der Waals surface area contributed by atoms with Crippen molar-refractivity contribution in [2.24, 2.45) is 5.16 Å². The standard InChI is InChI=1S/C14H27NO10/c1-3-8-11(20)12(21)13(22)14(25-8)24-5-7(17)10(19)9(18)6(16)4-15-23-2/h4,6-14,16-22H,3,5H2,1-2H3/b15-4+/t6?,7?,8?,9?,10-,11-,12?,13?,14+/m1/s1. The summed E-state index contributed by atoms with van der Waals surface area (Å²) < 4.78 is 10.4. The van der Waals surface area contributed by atoms with E-state index in [1.165, 1.54) is 7.11 Å². The van der Waals surface area contributed by atoms with Gasteiger partial charge >= 0.3 is 0 Å². The molecule has 0 radical (unpaired) electrons. The molecule has 0 saturated carbocycles. The Labute approximate surface area is 144 Å². The van der Waals surface area contributed by atoms with Gasteiger partial charge in [0.1, 0.15) is 49.8 Å². The quantitative estimate of drug-likeness (QED) is 0.158. The van der Waals surface area contributed by atoms with Gasteiger partial charge in [0.2, 0.25) is 0 Å². The van der Waals surface area contributed by atoms with Crippen LogP contribution in [0.15, 0.2) is 5.16 Å². The second-order valence-electron chi connectivity index (χ2n) is 5.73. The fourth-order valence-corrected chi connectivity index (χ4v) is 2.32. The van der Waals surface area contributed by atoms with E-state index in [0.29, 0.717) is 6.42 Å². The number of hydrogen-bond acceptors (Lipinski definition) is 11. The van der Waals surface area contributed by atoms with E-state index in [1.54, 1.807) is 6.92 Å². The van der Waals surface area contributed by atoms with Crippen molar-refractivity contribution in [3.8, 4) is 0 Å². The van der Waals surface area contributed by atoms with Gasteiger partial charge in [-0.3, -0.25) is 0 Å². The van der Waals surface area contributed by atoms with Crippen LogP contribution in [-0.2, 0) is 14.3 Å². The Bertz CT molecular complexity index is 409. The number of hydrogen-bond donors (Lipinski definition) is 7. The highest BCUT2D eigenvalue weighted by molar-refractivity contribution is 5.62. The lowest BCUT2D eigenvalue weighted by atomic mass is 9.97. The Morgan fingerprint density at radius 3 is 2.24 bits per heavy atom. The molecule has 148 valence electrons. The van der Waals surface area contributed by atoms with Crippen LogP contribution in [0.4, 0.5) is 0 Å². The SMILES string of the molecule is CCC1O[C@H](OCC(O)[C@@H](O)C(O)C(O)/C=N/OC)C(O)C(O)[C@@H]1O. The largest absolute Gasteiger partial charge is 0.399 e. The molecule has 1 heterocycles. The minimum atomic E-state index is -1.79. The van der Waals surface area contributed by atoms with Crippen molar-refractivity contribution in [3.05, 3.63) is 0 Å². The van der Waals surface area contributed by atoms with E-state index in [1.807, 2.05) is 0 Å². The van der Waals surface area contributed by atoms with Crippen LogP contribution in [-0.4, -0.2) is 111 Å². The van der Waals surface area contributed by atoms with E-state index in [2.05, 4.69) is 9.99 Å². The number of aliphatic hydroxyl groups excluding tert-OH is 7. The zero-order chi connectivity index (χ0) is 19.1. The van der Waals surface area contributed by atoms with Crippen LogP contribution in [0.1, 0.15) is 13.3 Å². The minimum Gasteiger partial charge on any atom is -0.399 e. The van der Waals surface area contributed by atoms with Crippen LogP contribution >= 0.6 is 0 Å². The predicted molar refractivity (Wildman–Crippen MR) is 82.5 cm³/mol. The second kappa shape index (κ2) is 10.3. The summed E-state index contributed by atoms with van der Waals surface area (Å²) in [5.41, 5.74) is 0. The van der Waals surface area contributed by atoms with Crippen molar-refractivity contribution in [2.75, 3.05) is 13.7 Å². The van der Waals surface area contributed by atoms with Crippen LogP contribution in [0.2, 0.25) is 0 Å². The second-order valence-corrected chi connectivity index (χ2v) is 5.73. The first-order valence-corrected chi connectivity index (χ1v) is 7.84. The molecule has 6 unspecified atom stereocenters. The zero-order valence-corrected chi connectivity index (χ0v) is 14.0. The van der Waals surface area contributed by atoms with Gasteiger partial charge < -0.3 is 50.1 Å². The number of ether oxygens (including phenoxy) is 2. The van der Waals surface area contributed by atoms with E-state index in [0.717, 1.165) is 6.21 Å². The fraction of sp³-hybridized carbons (Fsp3) is 0.929. The zero-order valence-electron chi connectivity index (χ0n) is 14.0. The number of aliphatic hydroxyl groups is 7. The molecule has 1 rings (SSSR count). The number of oxime groups is 1. The van der Waals surface area contributed by atoms with Gasteiger partial charge in [-0.25, -0.2) is 0 Å². The topological polar surface area (TPSA) is 182 Å². The molecule has 0 spiro atoms. The van der Waals surface area contributed by atoms with Crippen LogP contribution < -0.4 is 0 Å². The van der Waals surface area contributed by atoms with Crippen LogP contribution in [0, 0.1) is 0 Å². The van der Waals surface area contributed by atoms with Gasteiger partial charge in [0.25, 0.3) is 0 Å². The molecule has 11 heteroatoms. The van der Waals surface area contributed by atoms with Crippen LogP contribution in [0.25, 0.3) is 0 Å². The first kappa shape index (κ1) is 22.2. The van der Waals surface area contributed by atoms with Gasteiger partial charge in [0, 0.05) is 0 Å². The summed E-state index contributed by atoms with van der Waals surface area (Å²) in [6, 6.07) is 0. The molecular formula is C14H27NO10. The lowest BCUT2D eigenvalue weighted by Gasteiger charge is -2.40. The van der Waals surface area contributed by atoms with E-state index in [4.69, 9.17) is 9.47 Å². The summed E-state index contributed by atoms with van der Waals surface area (Å²) in [6.07, 6.45) is -12.1. The van der Waals surface area contributed by atoms with Crippen molar-refractivity contribution >= 4 is 6.21 Å². The highest BCUT2D eigenvalue weighted by atomic mass is 16.7. The normalized spacial score (nSPS) is 35.3. The fourth-order valence-electron chi connectivity index (χ4n) is 2.32. The van der Waals surface area contributed by atoms with E-state index >= 15 is 0 Å². The molecule has 1 saturated heterocycles. The Kier molecular flexibility index (Phi) is 9.13. The molecule has 0 aromatic heterocycles. The molecule has 1 aliphatic rings. The molecule has 0 bridgehead atoms. The van der Waals surface area contributed by atoms with E-state index in [-0.39, 0.29) is 0 Å². The van der Waals surface area contributed by atoms with Gasteiger partial charge in [-0.1, -0.05) is 12.1 Å². The average molecular weight is 369 g/mol. The molecule has 0 aliphatic carbocycles. The summed E-state index contributed by atoms with van der Waals surface area (Å²) in [7, 11) is 1.22. The summed E-state index contributed by atoms with van der Waals surface area (Å²) in [6.45, 7) is 1.13. The molecule has 1 fully saturated rings. The first-order valence-electron chi connectivity index (χ1n) is 7.84. The molecule has 25 heavy (non-hydrogen) atoms. The van der Waals surface area contributed by atoms with Crippen molar-refractivity contribution < 1.29 is 50.1 Å². The van der Waals surface area contributed by atoms with Gasteiger partial charge in [-0.05, 0) is 6.42 Å². The van der Waals surface area contributed by atoms with Gasteiger partial charge in [-0.15, -0.1) is 0 Å². The van der Waals surface area contributed by atoms with Crippen LogP contribution in [0.5, 0.6) is 0 Å². The monoisotopic (exact) mass is 369 g/mol. The van der Waals surface area contributed by atoms with Crippen molar-refractivity contribution in [1.29, 1.82) is 0 Å². The summed E-state index contributed by atoms with van der Waals surface area (Å²) in [4.78, 5) is 4.32. The Morgan fingerprint density at radius 2 is 1.68 bits per heavy atom. The van der Waals surface area contributed by atoms with E-state index < -0.39 is 61.7 Å². The Balaban J connectivity index is 2.56. The maximum absolute atomic E-state index is 9.85. The van der Waals surface area contributed by atoms with Gasteiger partial charge in [0.05, 0.1) is 18.9 Å². The molecular weight excluding hydrogens is 342 g/mol. The Hall–Kier alpha value is -0.890. The third-order valence-corrected chi connectivity index (χ3v) is 3.92. The summed E-state index contributed by atoms with van der Waals surface area (Å²) in [5.74, 6) is 0. The lowest BCUT2D eigenvalue weighted by molar-refractivity contribution is -0.302. The maximum atomic E-state index is 9.85. The molecule has 11 nitrogen and oxygen atoms in total. The van der Waals surface area contributed by atoms with Crippen molar-refractivity contribution in [3.63, 3.8) is 0 Å². The Morgan fingerprint density at radius 1 is 1.04 bits per heavy atom. The summed E-state index contributed by atoms with van der Waals surface area (Å²) in [5, 5.41) is 71.5. The predicted octanol–water partition coefficient (Wildman–Crippen LogP) is -3.70. The first-order chi connectivity index (χ1) is 11.7. The maximum Gasteiger partial charge on any atom is 0.186 e. The number of nitrogens with zero attached hydrogens (tertiary/aromatic N) is 1. The number of rotatable bonds is 9. The van der Waals surface area contributed by atoms with Crippen molar-refractivity contribution in [1.82, 2.24) is 0 Å². The van der Waals surface area contributed by atoms with E-state index in [9.17, 15) is 35.7 Å². The highest BCUT2D eigenvalue weighted by Gasteiger charge is 2.44. The smallest absolute Gasteiger partial charge is 0.186 e. The third kappa shape index (κ3) is 5.81. The molecule has 7 N–H and O–H groups in total. The third-order valence-electron chi connectivity index (χ3n) is 3.92.